The predicted octanol–water partition coefficient (Wildman–Crippen LogP) is 3.15. The Morgan fingerprint density at radius 3 is 2.43 bits per heavy atom. The number of nitrogens with one attached hydrogen (secondary N) is 1. The number of hydrogen-bond acceptors (Lipinski definition) is 3. The molecule has 1 fully saturated rings. The van der Waals surface area contributed by atoms with Crippen LogP contribution in [0.4, 0.5) is 5.69 Å². The van der Waals surface area contributed by atoms with Gasteiger partial charge in [-0.1, -0.05) is 12.8 Å². The molecule has 1 amide bonds. The van der Waals surface area contributed by atoms with Gasteiger partial charge in [0.1, 0.15) is 0 Å². The second kappa shape index (κ2) is 8.43. The number of benzene rings is 1. The Balaban J connectivity index is 1.68. The van der Waals surface area contributed by atoms with Gasteiger partial charge in [-0.2, -0.15) is 5.26 Å². The van der Waals surface area contributed by atoms with Gasteiger partial charge in [0.15, 0.2) is 0 Å². The summed E-state index contributed by atoms with van der Waals surface area (Å²) < 4.78 is 0. The number of amides is 1. The molecule has 2 rings (SSSR count). The van der Waals surface area contributed by atoms with Gasteiger partial charge >= 0.3 is 0 Å². The van der Waals surface area contributed by atoms with Crippen molar-refractivity contribution in [3.63, 3.8) is 0 Å². The molecular weight excluding hydrogens is 262 g/mol. The first-order valence-corrected chi connectivity index (χ1v) is 7.80. The Labute approximate surface area is 126 Å². The van der Waals surface area contributed by atoms with Crippen molar-refractivity contribution in [2.75, 3.05) is 25.0 Å². The number of anilines is 1. The van der Waals surface area contributed by atoms with Gasteiger partial charge in [0.05, 0.1) is 11.6 Å². The topological polar surface area (TPSA) is 56.1 Å². The minimum absolute atomic E-state index is 0.0505. The standard InChI is InChI=1S/C17H23N3O/c18-14-15-7-9-16(10-8-15)19-17(21)6-5-13-20-11-3-1-2-4-12-20/h7-10H,1-6,11-13H2,(H,19,21). The lowest BCUT2D eigenvalue weighted by Gasteiger charge is -2.19. The third kappa shape index (κ3) is 5.57. The number of nitriles is 1. The van der Waals surface area contributed by atoms with Crippen LogP contribution < -0.4 is 5.32 Å². The van der Waals surface area contributed by atoms with Crippen LogP contribution >= 0.6 is 0 Å². The maximum Gasteiger partial charge on any atom is 0.224 e. The van der Waals surface area contributed by atoms with Crippen molar-refractivity contribution in [2.45, 2.75) is 38.5 Å². The average Bonchev–Trinajstić information content (AvgIpc) is 2.77. The summed E-state index contributed by atoms with van der Waals surface area (Å²) in [6.45, 7) is 3.37. The molecule has 112 valence electrons. The third-order valence-corrected chi connectivity index (χ3v) is 3.87. The lowest BCUT2D eigenvalue weighted by molar-refractivity contribution is -0.116. The number of likely N-dealkylation sites (tertiary alicyclic amines) is 1. The van der Waals surface area contributed by atoms with E-state index in [-0.39, 0.29) is 5.91 Å². The minimum Gasteiger partial charge on any atom is -0.326 e. The lowest BCUT2D eigenvalue weighted by atomic mass is 10.2. The Kier molecular flexibility index (Phi) is 6.23. The second-order valence-electron chi connectivity index (χ2n) is 5.60. The van der Waals surface area contributed by atoms with Crippen molar-refractivity contribution < 1.29 is 4.79 Å². The van der Waals surface area contributed by atoms with Crippen LogP contribution in [0.3, 0.4) is 0 Å². The summed E-state index contributed by atoms with van der Waals surface area (Å²) in [5.41, 5.74) is 1.36. The number of rotatable bonds is 5. The molecule has 1 aliphatic rings. The molecular formula is C17H23N3O. The van der Waals surface area contributed by atoms with Crippen LogP contribution in [0.25, 0.3) is 0 Å². The van der Waals surface area contributed by atoms with Crippen molar-refractivity contribution in [2.24, 2.45) is 0 Å². The van der Waals surface area contributed by atoms with E-state index in [1.807, 2.05) is 0 Å². The molecule has 1 aromatic carbocycles. The maximum atomic E-state index is 11.9. The largest absolute Gasteiger partial charge is 0.326 e. The van der Waals surface area contributed by atoms with Gasteiger partial charge in [-0.05, 0) is 63.2 Å². The van der Waals surface area contributed by atoms with Crippen LogP contribution in [0.5, 0.6) is 0 Å². The van der Waals surface area contributed by atoms with Crippen LogP contribution in [0.15, 0.2) is 24.3 Å². The van der Waals surface area contributed by atoms with Gasteiger partial charge < -0.3 is 10.2 Å². The van der Waals surface area contributed by atoms with E-state index in [1.54, 1.807) is 24.3 Å². The molecule has 0 spiro atoms. The minimum atomic E-state index is 0.0505. The molecule has 1 N–H and O–H groups in total. The van der Waals surface area contributed by atoms with E-state index in [1.165, 1.54) is 38.8 Å². The molecule has 1 heterocycles. The summed E-state index contributed by atoms with van der Waals surface area (Å²) in [7, 11) is 0. The van der Waals surface area contributed by atoms with Gasteiger partial charge in [0, 0.05) is 12.1 Å². The Morgan fingerprint density at radius 1 is 1.14 bits per heavy atom. The van der Waals surface area contributed by atoms with Crippen molar-refractivity contribution in [3.8, 4) is 6.07 Å². The molecule has 1 saturated heterocycles. The van der Waals surface area contributed by atoms with Gasteiger partial charge in [0.2, 0.25) is 5.91 Å². The second-order valence-corrected chi connectivity index (χ2v) is 5.60. The summed E-state index contributed by atoms with van der Waals surface area (Å²) in [6, 6.07) is 9.03. The van der Waals surface area contributed by atoms with Crippen molar-refractivity contribution >= 4 is 11.6 Å². The zero-order valence-corrected chi connectivity index (χ0v) is 12.5. The lowest BCUT2D eigenvalue weighted by Crippen LogP contribution is -2.26. The fraction of sp³-hybridized carbons (Fsp3) is 0.529. The Morgan fingerprint density at radius 2 is 1.81 bits per heavy atom. The van der Waals surface area contributed by atoms with E-state index in [0.717, 1.165) is 18.7 Å². The van der Waals surface area contributed by atoms with Crippen LogP contribution in [0.2, 0.25) is 0 Å². The van der Waals surface area contributed by atoms with Crippen LogP contribution in [0, 0.1) is 11.3 Å². The van der Waals surface area contributed by atoms with E-state index in [4.69, 9.17) is 5.26 Å². The highest BCUT2D eigenvalue weighted by molar-refractivity contribution is 5.90. The first-order valence-electron chi connectivity index (χ1n) is 7.80. The first kappa shape index (κ1) is 15.5. The SMILES string of the molecule is N#Cc1ccc(NC(=O)CCCN2CCCCCC2)cc1. The van der Waals surface area contributed by atoms with E-state index in [9.17, 15) is 4.79 Å². The fourth-order valence-electron chi connectivity index (χ4n) is 2.67. The highest BCUT2D eigenvalue weighted by Crippen LogP contribution is 2.12. The molecule has 1 aromatic rings. The van der Waals surface area contributed by atoms with Crippen LogP contribution in [0.1, 0.15) is 44.1 Å². The third-order valence-electron chi connectivity index (χ3n) is 3.87. The average molecular weight is 285 g/mol. The van der Waals surface area contributed by atoms with Gasteiger partial charge in [-0.25, -0.2) is 0 Å². The summed E-state index contributed by atoms with van der Waals surface area (Å²) in [4.78, 5) is 14.4. The molecule has 0 aliphatic carbocycles. The van der Waals surface area contributed by atoms with E-state index in [0.29, 0.717) is 12.0 Å². The molecule has 21 heavy (non-hydrogen) atoms. The molecule has 4 nitrogen and oxygen atoms in total. The summed E-state index contributed by atoms with van der Waals surface area (Å²) in [6.07, 6.45) is 6.72. The Bertz CT molecular complexity index is 482. The van der Waals surface area contributed by atoms with Crippen LogP contribution in [-0.4, -0.2) is 30.4 Å². The molecule has 0 unspecified atom stereocenters. The normalized spacial score (nSPS) is 16.0. The summed E-state index contributed by atoms with van der Waals surface area (Å²) >= 11 is 0. The summed E-state index contributed by atoms with van der Waals surface area (Å²) in [5.74, 6) is 0.0505. The molecule has 1 aliphatic heterocycles. The number of hydrogen-bond donors (Lipinski definition) is 1. The van der Waals surface area contributed by atoms with E-state index < -0.39 is 0 Å². The molecule has 0 bridgehead atoms. The van der Waals surface area contributed by atoms with Gasteiger partial charge in [0.25, 0.3) is 0 Å². The number of carbonyl (C=O) groups is 1. The first-order chi connectivity index (χ1) is 10.3. The van der Waals surface area contributed by atoms with Gasteiger partial charge in [-0.15, -0.1) is 0 Å². The Hall–Kier alpha value is -1.86. The fourth-order valence-corrected chi connectivity index (χ4v) is 2.67. The van der Waals surface area contributed by atoms with Crippen LogP contribution in [-0.2, 0) is 4.79 Å². The molecule has 0 saturated carbocycles. The zero-order chi connectivity index (χ0) is 14.9. The van der Waals surface area contributed by atoms with Gasteiger partial charge in [-0.3, -0.25) is 4.79 Å². The number of nitrogens with zero attached hydrogens (tertiary/aromatic N) is 2. The molecule has 4 heteroatoms. The van der Waals surface area contributed by atoms with E-state index in [2.05, 4.69) is 16.3 Å². The zero-order valence-electron chi connectivity index (χ0n) is 12.5. The van der Waals surface area contributed by atoms with Crippen molar-refractivity contribution in [1.29, 1.82) is 5.26 Å². The molecule has 0 aromatic heterocycles. The maximum absolute atomic E-state index is 11.9. The molecule has 0 radical (unpaired) electrons. The number of carbonyl (C=O) groups excluding carboxylic acids is 1. The smallest absolute Gasteiger partial charge is 0.224 e. The quantitative estimate of drug-likeness (QED) is 0.904. The highest BCUT2D eigenvalue weighted by atomic mass is 16.1. The monoisotopic (exact) mass is 285 g/mol. The molecule has 0 atom stereocenters. The van der Waals surface area contributed by atoms with Crippen molar-refractivity contribution in [1.82, 2.24) is 4.90 Å². The van der Waals surface area contributed by atoms with E-state index >= 15 is 0 Å². The highest BCUT2D eigenvalue weighted by Gasteiger charge is 2.09. The summed E-state index contributed by atoms with van der Waals surface area (Å²) in [5, 5.41) is 11.6. The van der Waals surface area contributed by atoms with Crippen molar-refractivity contribution in [3.05, 3.63) is 29.8 Å². The predicted molar refractivity (Wildman–Crippen MR) is 83.9 cm³/mol.